The third-order valence-corrected chi connectivity index (χ3v) is 6.02. The monoisotopic (exact) mass is 406 g/mol. The number of nitrogens with one attached hydrogen (secondary N) is 2. The van der Waals surface area contributed by atoms with Crippen molar-refractivity contribution in [1.82, 2.24) is 5.32 Å². The maximum absolute atomic E-state index is 12.8. The second-order valence-electron chi connectivity index (χ2n) is 7.04. The fourth-order valence-electron chi connectivity index (χ4n) is 3.34. The molecular weight excluding hydrogens is 384 g/mol. The van der Waals surface area contributed by atoms with Crippen LogP contribution in [0.25, 0.3) is 0 Å². The first kappa shape index (κ1) is 19.3. The highest BCUT2D eigenvalue weighted by molar-refractivity contribution is 7.98. The van der Waals surface area contributed by atoms with E-state index in [2.05, 4.69) is 10.6 Å². The first-order valence-corrected chi connectivity index (χ1v) is 10.6. The van der Waals surface area contributed by atoms with E-state index in [1.54, 1.807) is 18.0 Å². The van der Waals surface area contributed by atoms with E-state index in [1.807, 2.05) is 61.5 Å². The van der Waals surface area contributed by atoms with Gasteiger partial charge in [0.2, 0.25) is 5.91 Å². The molecule has 1 aliphatic rings. The van der Waals surface area contributed by atoms with Crippen LogP contribution in [0, 0.1) is 0 Å². The minimum Gasteiger partial charge on any atom is -0.459 e. The molecule has 0 aliphatic carbocycles. The van der Waals surface area contributed by atoms with E-state index in [1.165, 1.54) is 0 Å². The molecule has 1 aromatic heterocycles. The fraction of sp³-hybridized carbons (Fsp3) is 0.217. The Kier molecular flexibility index (Phi) is 5.71. The molecule has 2 amide bonds. The topological polar surface area (TPSA) is 71.3 Å². The molecule has 4 rings (SSSR count). The molecule has 1 unspecified atom stereocenters. The lowest BCUT2D eigenvalue weighted by atomic mass is 9.97. The highest BCUT2D eigenvalue weighted by atomic mass is 32.2. The van der Waals surface area contributed by atoms with E-state index < -0.39 is 0 Å². The first-order chi connectivity index (χ1) is 14.1. The second kappa shape index (κ2) is 8.57. The summed E-state index contributed by atoms with van der Waals surface area (Å²) in [7, 11) is 0. The van der Waals surface area contributed by atoms with Crippen LogP contribution in [0.15, 0.2) is 70.2 Å². The Hall–Kier alpha value is -2.99. The summed E-state index contributed by atoms with van der Waals surface area (Å²) >= 11 is 1.67. The zero-order valence-corrected chi connectivity index (χ0v) is 16.9. The number of carbonyl (C=O) groups is 2. The van der Waals surface area contributed by atoms with Crippen LogP contribution in [0.5, 0.6) is 0 Å². The number of hydrogen-bond acceptors (Lipinski definition) is 4. The van der Waals surface area contributed by atoms with Gasteiger partial charge in [-0.2, -0.15) is 0 Å². The zero-order chi connectivity index (χ0) is 20.2. The standard InChI is InChI=1S/C23H22N2O3S/c1-15(16-7-9-20-17(13-16)8-10-21(26)25-20)24-23(27)22-18(11-12-28-22)14-29-19-5-3-2-4-6-19/h2-7,9,11-13,15H,8,10,14H2,1H3,(H,24,27)(H,25,26). The average Bonchev–Trinajstić information content (AvgIpc) is 3.21. The van der Waals surface area contributed by atoms with Crippen LogP contribution in [-0.4, -0.2) is 11.8 Å². The minimum absolute atomic E-state index is 0.0466. The van der Waals surface area contributed by atoms with Crippen molar-refractivity contribution < 1.29 is 14.0 Å². The normalized spacial score (nSPS) is 14.0. The van der Waals surface area contributed by atoms with Crippen LogP contribution >= 0.6 is 11.8 Å². The van der Waals surface area contributed by atoms with Crippen LogP contribution in [0.2, 0.25) is 0 Å². The van der Waals surface area contributed by atoms with Gasteiger partial charge in [-0.25, -0.2) is 0 Å². The number of fused-ring (bicyclic) bond motifs is 1. The number of hydrogen-bond donors (Lipinski definition) is 2. The number of aryl methyl sites for hydroxylation is 1. The molecule has 0 fully saturated rings. The Morgan fingerprint density at radius 3 is 2.83 bits per heavy atom. The average molecular weight is 407 g/mol. The van der Waals surface area contributed by atoms with Crippen molar-refractivity contribution in [3.8, 4) is 0 Å². The molecule has 29 heavy (non-hydrogen) atoms. The van der Waals surface area contributed by atoms with Crippen LogP contribution in [0.3, 0.4) is 0 Å². The minimum atomic E-state index is -0.225. The number of benzene rings is 2. The second-order valence-corrected chi connectivity index (χ2v) is 8.09. The van der Waals surface area contributed by atoms with Gasteiger partial charge in [-0.3, -0.25) is 9.59 Å². The highest BCUT2D eigenvalue weighted by Gasteiger charge is 2.20. The molecule has 5 nitrogen and oxygen atoms in total. The molecular formula is C23H22N2O3S. The van der Waals surface area contributed by atoms with Gasteiger partial charge in [-0.15, -0.1) is 11.8 Å². The SMILES string of the molecule is CC(NC(=O)c1occc1CSc1ccccc1)c1ccc2c(c1)CCC(=O)N2. The summed E-state index contributed by atoms with van der Waals surface area (Å²) in [5, 5.41) is 5.90. The number of rotatable bonds is 6. The van der Waals surface area contributed by atoms with Gasteiger partial charge in [0.1, 0.15) is 0 Å². The van der Waals surface area contributed by atoms with E-state index in [0.717, 1.165) is 27.3 Å². The predicted octanol–water partition coefficient (Wildman–Crippen LogP) is 4.95. The Balaban J connectivity index is 1.42. The van der Waals surface area contributed by atoms with Crippen LogP contribution < -0.4 is 10.6 Å². The molecule has 1 atom stereocenters. The molecule has 2 aromatic carbocycles. The largest absolute Gasteiger partial charge is 0.459 e. The predicted molar refractivity (Wildman–Crippen MR) is 114 cm³/mol. The summed E-state index contributed by atoms with van der Waals surface area (Å²) in [5.74, 6) is 0.837. The van der Waals surface area contributed by atoms with E-state index >= 15 is 0 Å². The summed E-state index contributed by atoms with van der Waals surface area (Å²) in [4.78, 5) is 25.4. The molecule has 6 heteroatoms. The number of carbonyl (C=O) groups excluding carboxylic acids is 2. The van der Waals surface area contributed by atoms with Gasteiger partial charge in [0, 0.05) is 28.3 Å². The summed E-state index contributed by atoms with van der Waals surface area (Å²) in [6.45, 7) is 1.95. The molecule has 0 spiro atoms. The molecule has 3 aromatic rings. The first-order valence-electron chi connectivity index (χ1n) is 9.58. The fourth-order valence-corrected chi connectivity index (χ4v) is 4.24. The van der Waals surface area contributed by atoms with Crippen molar-refractivity contribution in [3.05, 3.63) is 83.3 Å². The van der Waals surface area contributed by atoms with E-state index in [4.69, 9.17) is 4.42 Å². The molecule has 0 bridgehead atoms. The third kappa shape index (κ3) is 4.54. The summed E-state index contributed by atoms with van der Waals surface area (Å²) in [5.41, 5.74) is 3.83. The van der Waals surface area contributed by atoms with Gasteiger partial charge >= 0.3 is 0 Å². The Morgan fingerprint density at radius 1 is 1.17 bits per heavy atom. The number of anilines is 1. The maximum atomic E-state index is 12.8. The lowest BCUT2D eigenvalue weighted by molar-refractivity contribution is -0.116. The van der Waals surface area contributed by atoms with Gasteiger partial charge in [0.25, 0.3) is 5.91 Å². The van der Waals surface area contributed by atoms with Gasteiger partial charge in [-0.1, -0.05) is 30.3 Å². The van der Waals surface area contributed by atoms with Crippen molar-refractivity contribution >= 4 is 29.3 Å². The van der Waals surface area contributed by atoms with E-state index in [0.29, 0.717) is 24.4 Å². The van der Waals surface area contributed by atoms with Crippen LogP contribution in [-0.2, 0) is 17.0 Å². The lowest BCUT2D eigenvalue weighted by Crippen LogP contribution is -2.27. The summed E-state index contributed by atoms with van der Waals surface area (Å²) < 4.78 is 5.48. The Labute approximate surface area is 173 Å². The number of furan rings is 1. The smallest absolute Gasteiger partial charge is 0.287 e. The van der Waals surface area contributed by atoms with Gasteiger partial charge in [-0.05, 0) is 48.7 Å². The van der Waals surface area contributed by atoms with Crippen LogP contribution in [0.1, 0.15) is 46.6 Å². The van der Waals surface area contributed by atoms with Crippen molar-refractivity contribution in [2.75, 3.05) is 5.32 Å². The molecule has 148 valence electrons. The molecule has 0 radical (unpaired) electrons. The van der Waals surface area contributed by atoms with Crippen molar-refractivity contribution in [2.45, 2.75) is 36.5 Å². The molecule has 0 saturated heterocycles. The zero-order valence-electron chi connectivity index (χ0n) is 16.1. The Bertz CT molecular complexity index is 1030. The molecule has 1 aliphatic heterocycles. The van der Waals surface area contributed by atoms with Crippen molar-refractivity contribution in [1.29, 1.82) is 0 Å². The van der Waals surface area contributed by atoms with Gasteiger partial charge < -0.3 is 15.1 Å². The highest BCUT2D eigenvalue weighted by Crippen LogP contribution is 2.27. The molecule has 0 saturated carbocycles. The summed E-state index contributed by atoms with van der Waals surface area (Å²) in [6, 6.07) is 17.6. The van der Waals surface area contributed by atoms with Crippen molar-refractivity contribution in [3.63, 3.8) is 0 Å². The lowest BCUT2D eigenvalue weighted by Gasteiger charge is -2.20. The quantitative estimate of drug-likeness (QED) is 0.569. The molecule has 2 N–H and O–H groups in total. The van der Waals surface area contributed by atoms with E-state index in [-0.39, 0.29) is 17.9 Å². The summed E-state index contributed by atoms with van der Waals surface area (Å²) in [6.07, 6.45) is 2.77. The third-order valence-electron chi connectivity index (χ3n) is 4.96. The molecule has 2 heterocycles. The Morgan fingerprint density at radius 2 is 2.00 bits per heavy atom. The van der Waals surface area contributed by atoms with Crippen LogP contribution in [0.4, 0.5) is 5.69 Å². The van der Waals surface area contributed by atoms with E-state index in [9.17, 15) is 9.59 Å². The van der Waals surface area contributed by atoms with Crippen molar-refractivity contribution in [2.24, 2.45) is 0 Å². The van der Waals surface area contributed by atoms with Gasteiger partial charge in [0.15, 0.2) is 5.76 Å². The number of thioether (sulfide) groups is 1. The van der Waals surface area contributed by atoms with Gasteiger partial charge in [0.05, 0.1) is 12.3 Å². The number of amides is 2. The maximum Gasteiger partial charge on any atom is 0.287 e.